The van der Waals surface area contributed by atoms with Crippen molar-refractivity contribution in [3.05, 3.63) is 29.6 Å². The minimum atomic E-state index is -1.66. The van der Waals surface area contributed by atoms with Crippen molar-refractivity contribution in [1.82, 2.24) is 16.0 Å². The number of urea groups is 1. The molecule has 148 valence electrons. The number of carbonyl (C=O) groups is 3. The number of anilines is 1. The zero-order valence-corrected chi connectivity index (χ0v) is 14.2. The van der Waals surface area contributed by atoms with Crippen LogP contribution in [0.4, 0.5) is 23.7 Å². The van der Waals surface area contributed by atoms with Gasteiger partial charge in [0.1, 0.15) is 0 Å². The number of hydrogen-bond donors (Lipinski definition) is 5. The van der Waals surface area contributed by atoms with E-state index < -0.39 is 46.7 Å². The molecule has 2 fully saturated rings. The topological polar surface area (TPSA) is 136 Å². The summed E-state index contributed by atoms with van der Waals surface area (Å²) < 4.78 is 39.4. The fourth-order valence-electron chi connectivity index (χ4n) is 2.92. The molecular weight excluding hydrogens is 381 g/mol. The first-order valence-electron chi connectivity index (χ1n) is 8.21. The van der Waals surface area contributed by atoms with Crippen molar-refractivity contribution in [3.63, 3.8) is 0 Å². The fourth-order valence-corrected chi connectivity index (χ4v) is 2.92. The summed E-state index contributed by atoms with van der Waals surface area (Å²) in [4.78, 5) is 36.3. The molecule has 9 nitrogen and oxygen atoms in total. The van der Waals surface area contributed by atoms with E-state index in [-0.39, 0.29) is 11.6 Å². The lowest BCUT2D eigenvalue weighted by Gasteiger charge is -2.40. The molecule has 0 radical (unpaired) electrons. The van der Waals surface area contributed by atoms with Gasteiger partial charge < -0.3 is 16.0 Å². The molecule has 0 bridgehead atoms. The van der Waals surface area contributed by atoms with E-state index in [2.05, 4.69) is 26.5 Å². The second-order valence-corrected chi connectivity index (χ2v) is 6.31. The number of hydrogen-bond acceptors (Lipinski definition) is 6. The summed E-state index contributed by atoms with van der Waals surface area (Å²) in [6, 6.07) is 0.463. The first-order valence-corrected chi connectivity index (χ1v) is 8.21. The summed E-state index contributed by atoms with van der Waals surface area (Å²) in [6.45, 7) is 0. The van der Waals surface area contributed by atoms with Gasteiger partial charge in [-0.15, -0.1) is 0 Å². The average molecular weight is 396 g/mol. The van der Waals surface area contributed by atoms with Gasteiger partial charge in [0.15, 0.2) is 28.8 Å². The Morgan fingerprint density at radius 2 is 1.89 bits per heavy atom. The van der Waals surface area contributed by atoms with E-state index in [0.717, 1.165) is 6.42 Å². The molecule has 1 aromatic carbocycles. The van der Waals surface area contributed by atoms with Gasteiger partial charge in [-0.2, -0.15) is 5.10 Å². The smallest absolute Gasteiger partial charge is 0.320 e. The monoisotopic (exact) mass is 396 g/mol. The molecule has 1 aliphatic carbocycles. The Hall–Kier alpha value is -3.44. The molecule has 1 aliphatic heterocycles. The number of nitrogens with one attached hydrogen (secondary N) is 5. The number of nitrogens with zero attached hydrogens (tertiary/aromatic N) is 1. The Balaban J connectivity index is 1.79. The van der Waals surface area contributed by atoms with E-state index in [9.17, 15) is 27.6 Å². The highest BCUT2D eigenvalue weighted by molar-refractivity contribution is 6.60. The normalized spacial score (nSPS) is 22.2. The molecule has 1 saturated heterocycles. The zero-order valence-electron chi connectivity index (χ0n) is 14.2. The van der Waals surface area contributed by atoms with E-state index in [1.54, 1.807) is 0 Å². The number of halogens is 3. The maximum absolute atomic E-state index is 13.2. The second-order valence-electron chi connectivity index (χ2n) is 6.31. The van der Waals surface area contributed by atoms with Crippen LogP contribution < -0.4 is 21.4 Å². The Kier molecular flexibility index (Phi) is 5.03. The van der Waals surface area contributed by atoms with E-state index in [0.29, 0.717) is 31.2 Å². The van der Waals surface area contributed by atoms with Crippen molar-refractivity contribution in [2.45, 2.75) is 24.9 Å². The molecule has 1 unspecified atom stereocenters. The number of hydrazone groups is 1. The molecule has 12 heteroatoms. The van der Waals surface area contributed by atoms with Gasteiger partial charge in [-0.3, -0.25) is 20.3 Å². The van der Waals surface area contributed by atoms with Gasteiger partial charge in [0.2, 0.25) is 0 Å². The Labute approximate surface area is 156 Å². The first-order chi connectivity index (χ1) is 13.3. The molecule has 1 aromatic rings. The largest absolute Gasteiger partial charge is 0.323 e. The van der Waals surface area contributed by atoms with E-state index in [4.69, 9.17) is 5.41 Å². The van der Waals surface area contributed by atoms with E-state index >= 15 is 0 Å². The molecule has 0 aromatic heterocycles. The third-order valence-electron chi connectivity index (χ3n) is 4.58. The van der Waals surface area contributed by atoms with Crippen molar-refractivity contribution >= 4 is 35.5 Å². The van der Waals surface area contributed by atoms with Crippen LogP contribution >= 0.6 is 0 Å². The van der Waals surface area contributed by atoms with Gasteiger partial charge >= 0.3 is 6.03 Å². The molecule has 1 saturated carbocycles. The van der Waals surface area contributed by atoms with Crippen LogP contribution in [-0.4, -0.2) is 35.4 Å². The van der Waals surface area contributed by atoms with Gasteiger partial charge in [-0.05, 0) is 12.8 Å². The maximum atomic E-state index is 13.2. The molecular formula is C16H15F3N6O3. The zero-order chi connectivity index (χ0) is 20.5. The number of benzene rings is 1. The quantitative estimate of drug-likeness (QED) is 0.212. The fraction of sp³-hybridized carbons (Fsp3) is 0.312. The molecule has 28 heavy (non-hydrogen) atoms. The summed E-state index contributed by atoms with van der Waals surface area (Å²) in [5, 5.41) is 17.7. The van der Waals surface area contributed by atoms with Crippen LogP contribution in [0.1, 0.15) is 19.3 Å². The van der Waals surface area contributed by atoms with Crippen molar-refractivity contribution in [1.29, 1.82) is 5.41 Å². The van der Waals surface area contributed by atoms with Gasteiger partial charge in [0.05, 0.1) is 11.9 Å². The third kappa shape index (κ3) is 3.40. The highest BCUT2D eigenvalue weighted by atomic mass is 19.2. The highest BCUT2D eigenvalue weighted by Crippen LogP contribution is 2.36. The Morgan fingerprint density at radius 3 is 2.36 bits per heavy atom. The second kappa shape index (κ2) is 7.29. The van der Waals surface area contributed by atoms with Gasteiger partial charge in [0, 0.05) is 18.1 Å². The van der Waals surface area contributed by atoms with Crippen molar-refractivity contribution < 1.29 is 27.6 Å². The lowest BCUT2D eigenvalue weighted by molar-refractivity contribution is -0.133. The lowest BCUT2D eigenvalue weighted by Crippen LogP contribution is -2.67. The van der Waals surface area contributed by atoms with Crippen LogP contribution in [0.25, 0.3) is 0 Å². The van der Waals surface area contributed by atoms with Crippen LogP contribution in [0.5, 0.6) is 0 Å². The summed E-state index contributed by atoms with van der Waals surface area (Å²) in [7, 11) is 0. The molecule has 0 spiro atoms. The number of rotatable bonds is 6. The predicted molar refractivity (Wildman–Crippen MR) is 91.0 cm³/mol. The number of imide groups is 1. The van der Waals surface area contributed by atoms with Crippen LogP contribution in [0, 0.1) is 28.8 Å². The minimum absolute atomic E-state index is 0.302. The highest BCUT2D eigenvalue weighted by Gasteiger charge is 2.55. The number of carbonyl (C=O) groups excluding carboxylic acids is 3. The third-order valence-corrected chi connectivity index (χ3v) is 4.58. The first kappa shape index (κ1) is 19.3. The van der Waals surface area contributed by atoms with Gasteiger partial charge in [0.25, 0.3) is 11.8 Å². The van der Waals surface area contributed by atoms with Crippen LogP contribution in [0.2, 0.25) is 0 Å². The van der Waals surface area contributed by atoms with Crippen molar-refractivity contribution in [2.75, 3.05) is 5.43 Å². The van der Waals surface area contributed by atoms with Crippen LogP contribution in [0.3, 0.4) is 0 Å². The van der Waals surface area contributed by atoms with E-state index in [1.807, 2.05) is 0 Å². The van der Waals surface area contributed by atoms with Gasteiger partial charge in [-0.25, -0.2) is 18.0 Å². The molecule has 2 aliphatic rings. The molecule has 3 rings (SSSR count). The Morgan fingerprint density at radius 1 is 1.25 bits per heavy atom. The minimum Gasteiger partial charge on any atom is -0.320 e. The molecule has 5 N–H and O–H groups in total. The summed E-state index contributed by atoms with van der Waals surface area (Å²) in [5.74, 6) is -6.63. The lowest BCUT2D eigenvalue weighted by atomic mass is 9.75. The number of amides is 4. The van der Waals surface area contributed by atoms with Gasteiger partial charge in [-0.1, -0.05) is 6.42 Å². The van der Waals surface area contributed by atoms with Crippen molar-refractivity contribution in [2.24, 2.45) is 11.0 Å². The SMILES string of the molecule is N=C/C(=N\Nc1cc(F)c(F)c(F)c1)C(=O)NC1(C2CCC2)NC(=O)NC1=O. The summed E-state index contributed by atoms with van der Waals surface area (Å²) >= 11 is 0. The molecule has 1 atom stereocenters. The molecule has 4 amide bonds. The van der Waals surface area contributed by atoms with Crippen molar-refractivity contribution in [3.8, 4) is 0 Å². The van der Waals surface area contributed by atoms with Crippen LogP contribution in [0.15, 0.2) is 17.2 Å². The Bertz CT molecular complexity index is 879. The predicted octanol–water partition coefficient (Wildman–Crippen LogP) is 0.973. The van der Waals surface area contributed by atoms with Crippen LogP contribution in [-0.2, 0) is 9.59 Å². The summed E-state index contributed by atoms with van der Waals surface area (Å²) in [5.41, 5.74) is -0.366. The summed E-state index contributed by atoms with van der Waals surface area (Å²) in [6.07, 6.45) is 2.55. The van der Waals surface area contributed by atoms with E-state index in [1.165, 1.54) is 0 Å². The maximum Gasteiger partial charge on any atom is 0.323 e. The molecule has 1 heterocycles. The average Bonchev–Trinajstić information content (AvgIpc) is 2.85. The standard InChI is InChI=1S/C16H15F3N6O3/c17-9-4-8(5-10(18)12(9)19)24-25-11(6-20)13(26)22-16(7-2-1-3-7)14(27)21-15(28)23-16/h4-7,20,24H,1-3H2,(H,22,26)(H2,21,23,27,28)/b20-6?,25-11+.